The van der Waals surface area contributed by atoms with Gasteiger partial charge >= 0.3 is 0 Å². The van der Waals surface area contributed by atoms with E-state index in [0.29, 0.717) is 30.6 Å². The van der Waals surface area contributed by atoms with Crippen molar-refractivity contribution in [2.75, 3.05) is 5.32 Å². The van der Waals surface area contributed by atoms with Crippen molar-refractivity contribution in [3.05, 3.63) is 17.8 Å². The van der Waals surface area contributed by atoms with Gasteiger partial charge in [-0.3, -0.25) is 4.79 Å². The molecule has 0 bridgehead atoms. The lowest BCUT2D eigenvalue weighted by molar-refractivity contribution is -0.120. The topological polar surface area (TPSA) is 54.9 Å². The molecular weight excluding hydrogens is 226 g/mol. The molecule has 0 radical (unpaired) electrons. The Morgan fingerprint density at radius 3 is 2.56 bits per heavy atom. The minimum absolute atomic E-state index is 0.368. The number of ketones is 1. The summed E-state index contributed by atoms with van der Waals surface area (Å²) >= 11 is 0. The molecule has 98 valence electrons. The van der Waals surface area contributed by atoms with E-state index in [-0.39, 0.29) is 0 Å². The van der Waals surface area contributed by atoms with Crippen LogP contribution < -0.4 is 5.32 Å². The molecule has 0 atom stereocenters. The van der Waals surface area contributed by atoms with Crippen LogP contribution in [-0.4, -0.2) is 22.0 Å². The lowest BCUT2D eigenvalue weighted by Gasteiger charge is -2.22. The Balaban J connectivity index is 1.88. The lowest BCUT2D eigenvalue weighted by atomic mass is 9.94. The first-order valence-electron chi connectivity index (χ1n) is 6.74. The van der Waals surface area contributed by atoms with Crippen molar-refractivity contribution in [1.29, 1.82) is 0 Å². The second kappa shape index (κ2) is 5.94. The number of nitrogens with one attached hydrogen (secondary N) is 1. The number of anilines is 1. The van der Waals surface area contributed by atoms with Crippen LogP contribution in [0.2, 0.25) is 0 Å². The number of hydrogen-bond acceptors (Lipinski definition) is 4. The highest BCUT2D eigenvalue weighted by Crippen LogP contribution is 2.18. The van der Waals surface area contributed by atoms with Crippen LogP contribution >= 0.6 is 0 Å². The third-order valence-electron chi connectivity index (χ3n) is 3.23. The van der Waals surface area contributed by atoms with Gasteiger partial charge in [0.2, 0.25) is 0 Å². The number of carbonyl (C=O) groups is 1. The van der Waals surface area contributed by atoms with E-state index in [0.717, 1.165) is 30.8 Å². The number of rotatable bonds is 4. The van der Waals surface area contributed by atoms with Gasteiger partial charge in [0.1, 0.15) is 11.6 Å². The summed E-state index contributed by atoms with van der Waals surface area (Å²) in [5.74, 6) is 1.80. The normalized spacial score (nSPS) is 17.2. The van der Waals surface area contributed by atoms with Crippen molar-refractivity contribution in [1.82, 2.24) is 10.2 Å². The fourth-order valence-electron chi connectivity index (χ4n) is 2.26. The van der Waals surface area contributed by atoms with Crippen LogP contribution in [0.5, 0.6) is 0 Å². The quantitative estimate of drug-likeness (QED) is 0.888. The maximum atomic E-state index is 11.2. The molecule has 18 heavy (non-hydrogen) atoms. The van der Waals surface area contributed by atoms with E-state index in [1.54, 1.807) is 0 Å². The number of nitrogens with zero attached hydrogens (tertiary/aromatic N) is 2. The van der Waals surface area contributed by atoms with Gasteiger partial charge in [0.05, 0.1) is 5.69 Å². The van der Waals surface area contributed by atoms with Crippen molar-refractivity contribution in [2.45, 2.75) is 52.0 Å². The van der Waals surface area contributed by atoms with E-state index in [9.17, 15) is 4.79 Å². The van der Waals surface area contributed by atoms with Crippen LogP contribution in [0.4, 0.5) is 5.82 Å². The molecule has 0 aliphatic heterocycles. The van der Waals surface area contributed by atoms with E-state index >= 15 is 0 Å². The minimum Gasteiger partial charge on any atom is -0.366 e. The maximum Gasteiger partial charge on any atom is 0.148 e. The Kier molecular flexibility index (Phi) is 4.28. The Morgan fingerprint density at radius 1 is 1.28 bits per heavy atom. The summed E-state index contributed by atoms with van der Waals surface area (Å²) in [5.41, 5.74) is 1.04. The second-order valence-corrected chi connectivity index (χ2v) is 5.47. The zero-order valence-electron chi connectivity index (χ0n) is 11.1. The first kappa shape index (κ1) is 13.0. The Hall–Kier alpha value is -1.45. The smallest absolute Gasteiger partial charge is 0.148 e. The van der Waals surface area contributed by atoms with Gasteiger partial charge in [-0.25, -0.2) is 0 Å². The molecule has 1 saturated carbocycles. The first-order valence-corrected chi connectivity index (χ1v) is 6.74. The monoisotopic (exact) mass is 247 g/mol. The molecule has 0 unspecified atom stereocenters. The summed E-state index contributed by atoms with van der Waals surface area (Å²) in [5, 5.41) is 11.8. The number of hydrogen-bond donors (Lipinski definition) is 1. The number of aromatic nitrogens is 2. The molecule has 1 aromatic rings. The molecule has 1 aromatic heterocycles. The van der Waals surface area contributed by atoms with Gasteiger partial charge in [-0.2, -0.15) is 5.10 Å². The van der Waals surface area contributed by atoms with E-state index in [4.69, 9.17) is 0 Å². The molecule has 1 heterocycles. The molecule has 1 aliphatic carbocycles. The molecule has 4 nitrogen and oxygen atoms in total. The largest absolute Gasteiger partial charge is 0.366 e. The van der Waals surface area contributed by atoms with Crippen LogP contribution in [0.25, 0.3) is 0 Å². The highest BCUT2D eigenvalue weighted by atomic mass is 16.1. The molecule has 1 aliphatic rings. The second-order valence-electron chi connectivity index (χ2n) is 5.47. The standard InChI is InChI=1S/C14H21N3O/c1-10(2)9-12-5-8-14(17-16-12)15-11-3-6-13(18)7-4-11/h5,8,10-11H,3-4,6-7,9H2,1-2H3,(H,15,17). The van der Waals surface area contributed by atoms with E-state index in [2.05, 4.69) is 29.4 Å². The van der Waals surface area contributed by atoms with Crippen molar-refractivity contribution in [3.8, 4) is 0 Å². The zero-order valence-corrected chi connectivity index (χ0v) is 11.1. The third kappa shape index (κ3) is 3.79. The summed E-state index contributed by atoms with van der Waals surface area (Å²) < 4.78 is 0. The lowest BCUT2D eigenvalue weighted by Crippen LogP contribution is -2.26. The number of carbonyl (C=O) groups excluding carboxylic acids is 1. The Bertz CT molecular complexity index is 390. The molecule has 4 heteroatoms. The molecule has 0 spiro atoms. The molecule has 0 amide bonds. The van der Waals surface area contributed by atoms with E-state index in [1.165, 1.54) is 0 Å². The van der Waals surface area contributed by atoms with Crippen LogP contribution in [0.1, 0.15) is 45.2 Å². The van der Waals surface area contributed by atoms with Crippen molar-refractivity contribution < 1.29 is 4.79 Å². The van der Waals surface area contributed by atoms with Crippen LogP contribution in [0.3, 0.4) is 0 Å². The van der Waals surface area contributed by atoms with Crippen molar-refractivity contribution in [3.63, 3.8) is 0 Å². The predicted molar refractivity (Wildman–Crippen MR) is 71.5 cm³/mol. The van der Waals surface area contributed by atoms with Gasteiger partial charge in [-0.1, -0.05) is 13.8 Å². The molecular formula is C14H21N3O. The van der Waals surface area contributed by atoms with Crippen LogP contribution in [-0.2, 0) is 11.2 Å². The first-order chi connectivity index (χ1) is 8.63. The van der Waals surface area contributed by atoms with Gasteiger partial charge in [0, 0.05) is 18.9 Å². The average molecular weight is 247 g/mol. The Morgan fingerprint density at radius 2 is 2.00 bits per heavy atom. The molecule has 0 saturated heterocycles. The van der Waals surface area contributed by atoms with Gasteiger partial charge in [-0.05, 0) is 37.3 Å². The highest BCUT2D eigenvalue weighted by molar-refractivity contribution is 5.79. The summed E-state index contributed by atoms with van der Waals surface area (Å²) in [6, 6.07) is 4.39. The average Bonchev–Trinajstić information content (AvgIpc) is 2.34. The fourth-order valence-corrected chi connectivity index (χ4v) is 2.26. The third-order valence-corrected chi connectivity index (χ3v) is 3.23. The summed E-state index contributed by atoms with van der Waals surface area (Å²) in [6.45, 7) is 4.35. The Labute approximate surface area is 108 Å². The van der Waals surface area contributed by atoms with E-state index < -0.39 is 0 Å². The maximum absolute atomic E-state index is 11.2. The van der Waals surface area contributed by atoms with Gasteiger partial charge < -0.3 is 5.32 Å². The molecule has 0 aromatic carbocycles. The summed E-state index contributed by atoms with van der Waals surface area (Å²) in [6.07, 6.45) is 4.17. The van der Waals surface area contributed by atoms with Gasteiger partial charge in [-0.15, -0.1) is 5.10 Å². The molecule has 2 rings (SSSR count). The minimum atomic E-state index is 0.368. The predicted octanol–water partition coefficient (Wildman–Crippen LogP) is 2.60. The van der Waals surface area contributed by atoms with Crippen molar-refractivity contribution >= 4 is 11.6 Å². The zero-order chi connectivity index (χ0) is 13.0. The fraction of sp³-hybridized carbons (Fsp3) is 0.643. The summed E-state index contributed by atoms with van der Waals surface area (Å²) in [4.78, 5) is 11.2. The molecule has 1 fully saturated rings. The van der Waals surface area contributed by atoms with Crippen LogP contribution in [0, 0.1) is 5.92 Å². The van der Waals surface area contributed by atoms with Crippen LogP contribution in [0.15, 0.2) is 12.1 Å². The van der Waals surface area contributed by atoms with Gasteiger partial charge in [0.15, 0.2) is 0 Å². The summed E-state index contributed by atoms with van der Waals surface area (Å²) in [7, 11) is 0. The highest BCUT2D eigenvalue weighted by Gasteiger charge is 2.18. The van der Waals surface area contributed by atoms with E-state index in [1.807, 2.05) is 12.1 Å². The van der Waals surface area contributed by atoms with Crippen molar-refractivity contribution in [2.24, 2.45) is 5.92 Å². The van der Waals surface area contributed by atoms with Gasteiger partial charge in [0.25, 0.3) is 0 Å². The SMILES string of the molecule is CC(C)Cc1ccc(NC2CCC(=O)CC2)nn1. The number of Topliss-reactive ketones (excluding diaryl/α,β-unsaturated/α-hetero) is 1. The molecule has 1 N–H and O–H groups in total.